The molecule has 0 amide bonds. The van der Waals surface area contributed by atoms with E-state index in [-0.39, 0.29) is 11.1 Å². The van der Waals surface area contributed by atoms with E-state index in [4.69, 9.17) is 0 Å². The number of nitro groups is 2. The summed E-state index contributed by atoms with van der Waals surface area (Å²) in [6.07, 6.45) is 0. The molecule has 0 aliphatic heterocycles. The molecule has 0 aromatic heterocycles. The van der Waals surface area contributed by atoms with Crippen molar-refractivity contribution in [3.8, 4) is 11.5 Å². The highest BCUT2D eigenvalue weighted by atomic mass is 16.6. The molecule has 0 fully saturated rings. The van der Waals surface area contributed by atoms with Crippen LogP contribution in [0.1, 0.15) is 31.8 Å². The molecule has 1 aliphatic rings. The monoisotopic (exact) mass is 330 g/mol. The molecule has 0 unspecified atom stereocenters. The van der Waals surface area contributed by atoms with Crippen molar-refractivity contribution in [1.82, 2.24) is 0 Å². The Kier molecular flexibility index (Phi) is 3.04. The van der Waals surface area contributed by atoms with Gasteiger partial charge in [-0.1, -0.05) is 0 Å². The van der Waals surface area contributed by atoms with E-state index in [0.29, 0.717) is 6.07 Å². The quantitative estimate of drug-likeness (QED) is 0.407. The topological polar surface area (TPSA) is 161 Å². The minimum Gasteiger partial charge on any atom is -0.504 e. The minimum atomic E-state index is -1.02. The number of aromatic hydroxyl groups is 2. The van der Waals surface area contributed by atoms with Crippen molar-refractivity contribution in [2.45, 2.75) is 0 Å². The molecule has 24 heavy (non-hydrogen) atoms. The number of phenolic OH excluding ortho intramolecular Hbond substituents is 2. The van der Waals surface area contributed by atoms with Gasteiger partial charge in [0.25, 0.3) is 11.4 Å². The predicted molar refractivity (Wildman–Crippen MR) is 76.4 cm³/mol. The molecule has 10 heteroatoms. The SMILES string of the molecule is O=C1c2cc([N+](=O)[O-])ccc2C(=O)c2c(O)c(O)cc([N+](=O)[O-])c21. The number of nitrogens with zero attached hydrogens (tertiary/aromatic N) is 2. The van der Waals surface area contributed by atoms with E-state index in [0.717, 1.165) is 18.2 Å². The van der Waals surface area contributed by atoms with Gasteiger partial charge in [0.1, 0.15) is 5.56 Å². The summed E-state index contributed by atoms with van der Waals surface area (Å²) in [5, 5.41) is 41.4. The van der Waals surface area contributed by atoms with E-state index in [1.807, 2.05) is 0 Å². The maximum absolute atomic E-state index is 12.5. The van der Waals surface area contributed by atoms with Gasteiger partial charge in [-0.25, -0.2) is 0 Å². The van der Waals surface area contributed by atoms with Crippen LogP contribution in [0.2, 0.25) is 0 Å². The summed E-state index contributed by atoms with van der Waals surface area (Å²) in [6.45, 7) is 0. The summed E-state index contributed by atoms with van der Waals surface area (Å²) in [5.74, 6) is -3.86. The average molecular weight is 330 g/mol. The Balaban J connectivity index is 2.39. The van der Waals surface area contributed by atoms with Crippen molar-refractivity contribution < 1.29 is 29.6 Å². The number of non-ortho nitro benzene ring substituents is 1. The van der Waals surface area contributed by atoms with Gasteiger partial charge >= 0.3 is 0 Å². The van der Waals surface area contributed by atoms with Gasteiger partial charge in [-0.05, 0) is 6.07 Å². The number of carbonyl (C=O) groups is 2. The van der Waals surface area contributed by atoms with E-state index in [9.17, 15) is 40.0 Å². The smallest absolute Gasteiger partial charge is 0.285 e. The zero-order valence-corrected chi connectivity index (χ0v) is 11.5. The number of fused-ring (bicyclic) bond motifs is 2. The molecular weight excluding hydrogens is 324 g/mol. The fraction of sp³-hybridized carbons (Fsp3) is 0. The van der Waals surface area contributed by atoms with Crippen molar-refractivity contribution in [1.29, 1.82) is 0 Å². The summed E-state index contributed by atoms with van der Waals surface area (Å²) in [7, 11) is 0. The van der Waals surface area contributed by atoms with Gasteiger partial charge in [0, 0.05) is 23.3 Å². The van der Waals surface area contributed by atoms with Crippen LogP contribution in [-0.4, -0.2) is 31.6 Å². The van der Waals surface area contributed by atoms with Gasteiger partial charge in [0.05, 0.1) is 21.5 Å². The number of hydrogen-bond acceptors (Lipinski definition) is 8. The second kappa shape index (κ2) is 4.84. The molecule has 0 saturated carbocycles. The molecule has 120 valence electrons. The molecule has 1 aliphatic carbocycles. The zero-order valence-electron chi connectivity index (χ0n) is 11.5. The lowest BCUT2D eigenvalue weighted by molar-refractivity contribution is -0.385. The summed E-state index contributed by atoms with van der Waals surface area (Å²) in [6, 6.07) is 3.39. The summed E-state index contributed by atoms with van der Waals surface area (Å²) >= 11 is 0. The maximum Gasteiger partial charge on any atom is 0.285 e. The highest BCUT2D eigenvalue weighted by Gasteiger charge is 2.40. The summed E-state index contributed by atoms with van der Waals surface area (Å²) in [4.78, 5) is 45.2. The molecule has 2 N–H and O–H groups in total. The molecule has 0 spiro atoms. The van der Waals surface area contributed by atoms with Gasteiger partial charge in [0.2, 0.25) is 5.78 Å². The van der Waals surface area contributed by atoms with Crippen LogP contribution in [-0.2, 0) is 0 Å². The number of carbonyl (C=O) groups excluding carboxylic acids is 2. The number of rotatable bonds is 2. The van der Waals surface area contributed by atoms with Gasteiger partial charge in [-0.15, -0.1) is 0 Å². The van der Waals surface area contributed by atoms with Crippen LogP contribution in [0.3, 0.4) is 0 Å². The molecule has 0 radical (unpaired) electrons. The largest absolute Gasteiger partial charge is 0.504 e. The Labute approximate surface area is 131 Å². The third-order valence-corrected chi connectivity index (χ3v) is 3.61. The Morgan fingerprint density at radius 3 is 2.04 bits per heavy atom. The van der Waals surface area contributed by atoms with Crippen LogP contribution >= 0.6 is 0 Å². The van der Waals surface area contributed by atoms with Crippen LogP contribution in [0.25, 0.3) is 0 Å². The number of nitro benzene ring substituents is 2. The first kappa shape index (κ1) is 15.1. The summed E-state index contributed by atoms with van der Waals surface area (Å²) in [5.41, 5.74) is -3.40. The van der Waals surface area contributed by atoms with Crippen LogP contribution in [0, 0.1) is 20.2 Å². The lowest BCUT2D eigenvalue weighted by atomic mass is 9.82. The van der Waals surface area contributed by atoms with E-state index >= 15 is 0 Å². The Morgan fingerprint density at radius 2 is 1.46 bits per heavy atom. The standard InChI is InChI=1S/C14H6N2O8/c17-9-4-8(16(23)24)10-11(14(9)20)12(18)6-2-1-5(15(21)22)3-7(6)13(10)19/h1-4,17,20H. The predicted octanol–water partition coefficient (Wildman–Crippen LogP) is 1.69. The second-order valence-electron chi connectivity index (χ2n) is 4.92. The van der Waals surface area contributed by atoms with Gasteiger partial charge < -0.3 is 10.2 Å². The van der Waals surface area contributed by atoms with Gasteiger partial charge in [0.15, 0.2) is 17.3 Å². The van der Waals surface area contributed by atoms with Crippen molar-refractivity contribution in [2.24, 2.45) is 0 Å². The first-order valence-electron chi connectivity index (χ1n) is 6.35. The molecule has 2 aromatic carbocycles. The number of benzene rings is 2. The summed E-state index contributed by atoms with van der Waals surface area (Å²) < 4.78 is 0. The van der Waals surface area contributed by atoms with Crippen LogP contribution in [0.5, 0.6) is 11.5 Å². The van der Waals surface area contributed by atoms with Crippen LogP contribution < -0.4 is 0 Å². The fourth-order valence-corrected chi connectivity index (χ4v) is 2.54. The van der Waals surface area contributed by atoms with Crippen molar-refractivity contribution in [2.75, 3.05) is 0 Å². The third-order valence-electron chi connectivity index (χ3n) is 3.61. The molecule has 0 heterocycles. The molecule has 0 bridgehead atoms. The Bertz CT molecular complexity index is 979. The lowest BCUT2D eigenvalue weighted by Gasteiger charge is -2.18. The van der Waals surface area contributed by atoms with Crippen LogP contribution in [0.15, 0.2) is 24.3 Å². The number of phenols is 2. The fourth-order valence-electron chi connectivity index (χ4n) is 2.54. The average Bonchev–Trinajstić information content (AvgIpc) is 2.53. The van der Waals surface area contributed by atoms with E-state index in [1.54, 1.807) is 0 Å². The van der Waals surface area contributed by atoms with Crippen molar-refractivity contribution in [3.05, 3.63) is 66.7 Å². The highest BCUT2D eigenvalue weighted by Crippen LogP contribution is 2.43. The lowest BCUT2D eigenvalue weighted by Crippen LogP contribution is -2.22. The maximum atomic E-state index is 12.5. The van der Waals surface area contributed by atoms with Gasteiger partial charge in [-0.2, -0.15) is 0 Å². The van der Waals surface area contributed by atoms with E-state index in [1.165, 1.54) is 0 Å². The zero-order chi connectivity index (χ0) is 17.8. The first-order valence-corrected chi connectivity index (χ1v) is 6.35. The number of hydrogen-bond donors (Lipinski definition) is 2. The molecule has 10 nitrogen and oxygen atoms in total. The third kappa shape index (κ3) is 1.90. The Hall–Kier alpha value is -3.82. The molecular formula is C14H6N2O8. The normalized spacial score (nSPS) is 12.5. The molecule has 2 aromatic rings. The molecule has 0 atom stereocenters. The highest BCUT2D eigenvalue weighted by molar-refractivity contribution is 6.31. The van der Waals surface area contributed by atoms with E-state index in [2.05, 4.69) is 0 Å². The van der Waals surface area contributed by atoms with Crippen molar-refractivity contribution >= 4 is 22.9 Å². The van der Waals surface area contributed by atoms with Crippen LogP contribution in [0.4, 0.5) is 11.4 Å². The molecule has 3 rings (SSSR count). The second-order valence-corrected chi connectivity index (χ2v) is 4.92. The Morgan fingerprint density at radius 1 is 0.833 bits per heavy atom. The van der Waals surface area contributed by atoms with Gasteiger partial charge in [-0.3, -0.25) is 29.8 Å². The van der Waals surface area contributed by atoms with Crippen molar-refractivity contribution in [3.63, 3.8) is 0 Å². The minimum absolute atomic E-state index is 0.256. The first-order chi connectivity index (χ1) is 11.2. The molecule has 0 saturated heterocycles. The number of ketones is 2. The van der Waals surface area contributed by atoms with E-state index < -0.39 is 55.4 Å².